The molecule has 3 aromatic rings. The summed E-state index contributed by atoms with van der Waals surface area (Å²) >= 11 is 0. The smallest absolute Gasteiger partial charge is 0.271 e. The van der Waals surface area contributed by atoms with E-state index in [4.69, 9.17) is 0 Å². The molecule has 0 fully saturated rings. The van der Waals surface area contributed by atoms with Crippen molar-refractivity contribution in [3.8, 4) is 0 Å². The van der Waals surface area contributed by atoms with Gasteiger partial charge in [0.15, 0.2) is 0 Å². The molecule has 0 radical (unpaired) electrons. The lowest BCUT2D eigenvalue weighted by molar-refractivity contribution is -0.384. The molecule has 7 heteroatoms. The highest BCUT2D eigenvalue weighted by Crippen LogP contribution is 2.23. The summed E-state index contributed by atoms with van der Waals surface area (Å²) in [5.41, 5.74) is 2.24. The summed E-state index contributed by atoms with van der Waals surface area (Å²) in [6.07, 6.45) is 0. The predicted molar refractivity (Wildman–Crippen MR) is 107 cm³/mol. The fourth-order valence-electron chi connectivity index (χ4n) is 2.58. The second-order valence-corrected chi connectivity index (χ2v) is 6.11. The maximum Gasteiger partial charge on any atom is 0.271 e. The van der Waals surface area contributed by atoms with Crippen molar-refractivity contribution in [1.82, 2.24) is 0 Å². The molecular formula is C21H17N3O4. The van der Waals surface area contributed by atoms with Crippen LogP contribution < -0.4 is 10.6 Å². The molecule has 0 aliphatic rings. The second-order valence-electron chi connectivity index (χ2n) is 6.11. The maximum atomic E-state index is 12.6. The minimum absolute atomic E-state index is 0.107. The molecule has 0 saturated carbocycles. The third-order valence-electron chi connectivity index (χ3n) is 4.10. The third-order valence-corrected chi connectivity index (χ3v) is 4.10. The molecule has 0 unspecified atom stereocenters. The minimum atomic E-state index is -0.519. The Morgan fingerprint density at radius 2 is 1.50 bits per heavy atom. The SMILES string of the molecule is Cc1ccc([N+](=O)[O-])cc1NC(=O)c1cccc(NC(=O)c2ccccc2)c1. The van der Waals surface area contributed by atoms with E-state index in [-0.39, 0.29) is 11.6 Å². The van der Waals surface area contributed by atoms with E-state index in [9.17, 15) is 19.7 Å². The number of nitro groups is 1. The molecule has 0 spiro atoms. The van der Waals surface area contributed by atoms with Gasteiger partial charge in [0, 0.05) is 28.9 Å². The van der Waals surface area contributed by atoms with Crippen molar-refractivity contribution >= 4 is 28.9 Å². The van der Waals surface area contributed by atoms with Crippen molar-refractivity contribution in [1.29, 1.82) is 0 Å². The number of carbonyl (C=O) groups excluding carboxylic acids is 2. The molecule has 0 bridgehead atoms. The fraction of sp³-hybridized carbons (Fsp3) is 0.0476. The number of non-ortho nitro benzene ring substituents is 1. The van der Waals surface area contributed by atoms with Gasteiger partial charge in [0.2, 0.25) is 0 Å². The zero-order valence-corrected chi connectivity index (χ0v) is 15.0. The first-order valence-electron chi connectivity index (χ1n) is 8.47. The average Bonchev–Trinajstić information content (AvgIpc) is 2.70. The predicted octanol–water partition coefficient (Wildman–Crippen LogP) is 4.41. The number of amides is 2. The number of nitrogens with one attached hydrogen (secondary N) is 2. The quantitative estimate of drug-likeness (QED) is 0.509. The number of nitrogens with zero attached hydrogens (tertiary/aromatic N) is 1. The standard InChI is InChI=1S/C21H17N3O4/c1-14-10-11-18(24(27)28)13-19(14)23-21(26)16-8-5-9-17(12-16)22-20(25)15-6-3-2-4-7-15/h2-13H,1H3,(H,22,25)(H,23,26). The van der Waals surface area contributed by atoms with Gasteiger partial charge in [-0.1, -0.05) is 30.3 Å². The minimum Gasteiger partial charge on any atom is -0.322 e. The molecule has 7 nitrogen and oxygen atoms in total. The molecule has 140 valence electrons. The number of anilines is 2. The third kappa shape index (κ3) is 4.39. The molecule has 0 saturated heterocycles. The van der Waals surface area contributed by atoms with Crippen LogP contribution in [0.2, 0.25) is 0 Å². The Hall–Kier alpha value is -4.00. The summed E-state index contributed by atoms with van der Waals surface area (Å²) < 4.78 is 0. The number of aryl methyl sites for hydroxylation is 1. The molecular weight excluding hydrogens is 358 g/mol. The van der Waals surface area contributed by atoms with E-state index in [2.05, 4.69) is 10.6 Å². The summed E-state index contributed by atoms with van der Waals surface area (Å²) in [5, 5.41) is 16.4. The first-order chi connectivity index (χ1) is 13.4. The highest BCUT2D eigenvalue weighted by atomic mass is 16.6. The van der Waals surface area contributed by atoms with Crippen molar-refractivity contribution in [3.05, 3.63) is 99.6 Å². The number of rotatable bonds is 5. The molecule has 28 heavy (non-hydrogen) atoms. The van der Waals surface area contributed by atoms with Gasteiger partial charge in [0.25, 0.3) is 17.5 Å². The molecule has 0 aliphatic heterocycles. The van der Waals surface area contributed by atoms with Gasteiger partial charge in [-0.15, -0.1) is 0 Å². The van der Waals surface area contributed by atoms with Gasteiger partial charge in [0.05, 0.1) is 10.6 Å². The molecule has 3 aromatic carbocycles. The zero-order chi connectivity index (χ0) is 20.1. The summed E-state index contributed by atoms with van der Waals surface area (Å²) in [6, 6.07) is 19.5. The molecule has 2 N–H and O–H groups in total. The summed E-state index contributed by atoms with van der Waals surface area (Å²) in [7, 11) is 0. The Kier molecular flexibility index (Phi) is 5.45. The average molecular weight is 375 g/mol. The normalized spacial score (nSPS) is 10.2. The zero-order valence-electron chi connectivity index (χ0n) is 15.0. The van der Waals surface area contributed by atoms with Gasteiger partial charge in [-0.3, -0.25) is 19.7 Å². The van der Waals surface area contributed by atoms with E-state index in [1.165, 1.54) is 12.1 Å². The van der Waals surface area contributed by atoms with Crippen LogP contribution in [0.4, 0.5) is 17.1 Å². The number of benzene rings is 3. The molecule has 0 atom stereocenters. The number of hydrogen-bond donors (Lipinski definition) is 2. The van der Waals surface area contributed by atoms with E-state index in [0.29, 0.717) is 28.1 Å². The topological polar surface area (TPSA) is 101 Å². The highest BCUT2D eigenvalue weighted by Gasteiger charge is 2.13. The number of hydrogen-bond acceptors (Lipinski definition) is 4. The van der Waals surface area contributed by atoms with Crippen LogP contribution in [-0.2, 0) is 0 Å². The highest BCUT2D eigenvalue weighted by molar-refractivity contribution is 6.07. The van der Waals surface area contributed by atoms with Crippen molar-refractivity contribution in [2.24, 2.45) is 0 Å². The summed E-state index contributed by atoms with van der Waals surface area (Å²) in [4.78, 5) is 35.2. The van der Waals surface area contributed by atoms with Crippen molar-refractivity contribution in [3.63, 3.8) is 0 Å². The second kappa shape index (κ2) is 8.13. The van der Waals surface area contributed by atoms with Crippen LogP contribution in [0, 0.1) is 17.0 Å². The van der Waals surface area contributed by atoms with Crippen LogP contribution in [0.15, 0.2) is 72.8 Å². The first kappa shape index (κ1) is 18.8. The van der Waals surface area contributed by atoms with E-state index in [1.807, 2.05) is 6.07 Å². The van der Waals surface area contributed by atoms with Crippen LogP contribution in [-0.4, -0.2) is 16.7 Å². The Balaban J connectivity index is 1.77. The van der Waals surface area contributed by atoms with Gasteiger partial charge in [-0.25, -0.2) is 0 Å². The van der Waals surface area contributed by atoms with E-state index in [1.54, 1.807) is 61.5 Å². The fourth-order valence-corrected chi connectivity index (χ4v) is 2.58. The Bertz CT molecular complexity index is 1050. The molecule has 0 aliphatic carbocycles. The lowest BCUT2D eigenvalue weighted by atomic mass is 10.1. The van der Waals surface area contributed by atoms with Gasteiger partial charge in [0.1, 0.15) is 0 Å². The van der Waals surface area contributed by atoms with E-state index in [0.717, 1.165) is 0 Å². The van der Waals surface area contributed by atoms with Gasteiger partial charge < -0.3 is 10.6 Å². The van der Waals surface area contributed by atoms with Crippen molar-refractivity contribution < 1.29 is 14.5 Å². The van der Waals surface area contributed by atoms with Gasteiger partial charge >= 0.3 is 0 Å². The first-order valence-corrected chi connectivity index (χ1v) is 8.47. The van der Waals surface area contributed by atoms with E-state index < -0.39 is 10.8 Å². The number of nitro benzene ring substituents is 1. The molecule has 0 heterocycles. The lowest BCUT2D eigenvalue weighted by Gasteiger charge is -2.10. The Morgan fingerprint density at radius 3 is 2.21 bits per heavy atom. The van der Waals surface area contributed by atoms with Crippen LogP contribution in [0.5, 0.6) is 0 Å². The van der Waals surface area contributed by atoms with E-state index >= 15 is 0 Å². The molecule has 0 aromatic heterocycles. The van der Waals surface area contributed by atoms with Crippen LogP contribution in [0.1, 0.15) is 26.3 Å². The van der Waals surface area contributed by atoms with Gasteiger partial charge in [-0.05, 0) is 42.8 Å². The summed E-state index contributed by atoms with van der Waals surface area (Å²) in [5.74, 6) is -0.716. The van der Waals surface area contributed by atoms with Crippen LogP contribution in [0.25, 0.3) is 0 Å². The lowest BCUT2D eigenvalue weighted by Crippen LogP contribution is -2.15. The Labute approximate surface area is 161 Å². The van der Waals surface area contributed by atoms with Crippen LogP contribution in [0.3, 0.4) is 0 Å². The maximum absolute atomic E-state index is 12.6. The molecule has 2 amide bonds. The van der Waals surface area contributed by atoms with Crippen molar-refractivity contribution in [2.45, 2.75) is 6.92 Å². The largest absolute Gasteiger partial charge is 0.322 e. The van der Waals surface area contributed by atoms with Crippen LogP contribution >= 0.6 is 0 Å². The number of carbonyl (C=O) groups is 2. The molecule has 3 rings (SSSR count). The van der Waals surface area contributed by atoms with Gasteiger partial charge in [-0.2, -0.15) is 0 Å². The monoisotopic (exact) mass is 375 g/mol. The van der Waals surface area contributed by atoms with Crippen molar-refractivity contribution in [2.75, 3.05) is 10.6 Å². The summed E-state index contributed by atoms with van der Waals surface area (Å²) in [6.45, 7) is 1.75. The Morgan fingerprint density at radius 1 is 0.821 bits per heavy atom.